The van der Waals surface area contributed by atoms with Crippen molar-refractivity contribution in [2.45, 2.75) is 25.7 Å². The second-order valence-electron chi connectivity index (χ2n) is 8.08. The van der Waals surface area contributed by atoms with Gasteiger partial charge in [0.15, 0.2) is 5.78 Å². The maximum absolute atomic E-state index is 13.3. The monoisotopic (exact) mass is 469 g/mol. The molecule has 9 nitrogen and oxygen atoms in total. The van der Waals surface area contributed by atoms with E-state index in [1.54, 1.807) is 0 Å². The van der Waals surface area contributed by atoms with Crippen LogP contribution in [-0.4, -0.2) is 45.0 Å². The molecule has 0 aromatic heterocycles. The van der Waals surface area contributed by atoms with Crippen molar-refractivity contribution >= 4 is 40.8 Å². The second kappa shape index (κ2) is 9.11. The number of halogens is 1. The number of carbonyl (C=O) groups is 4. The maximum Gasteiger partial charge on any atom is 0.273 e. The predicted molar refractivity (Wildman–Crippen MR) is 117 cm³/mol. The Bertz CT molecular complexity index is 1110. The first-order valence-electron chi connectivity index (χ1n) is 10.5. The van der Waals surface area contributed by atoms with E-state index in [9.17, 15) is 29.3 Å². The van der Waals surface area contributed by atoms with Gasteiger partial charge in [0.25, 0.3) is 23.4 Å². The molecule has 2 aromatic carbocycles. The van der Waals surface area contributed by atoms with Crippen molar-refractivity contribution in [3.05, 3.63) is 74.8 Å². The molecule has 4 rings (SSSR count). The molecule has 1 saturated carbocycles. The van der Waals surface area contributed by atoms with E-state index in [1.165, 1.54) is 48.5 Å². The smallest absolute Gasteiger partial charge is 0.273 e. The highest BCUT2D eigenvalue weighted by Gasteiger charge is 2.51. The number of imide groups is 1. The Kier molecular flexibility index (Phi) is 6.24. The van der Waals surface area contributed by atoms with Crippen molar-refractivity contribution in [3.63, 3.8) is 0 Å². The van der Waals surface area contributed by atoms with Gasteiger partial charge in [-0.2, -0.15) is 5.01 Å². The molecule has 2 unspecified atom stereocenters. The number of rotatable bonds is 6. The fourth-order valence-corrected chi connectivity index (χ4v) is 4.48. The summed E-state index contributed by atoms with van der Waals surface area (Å²) in [5.41, 5.74) is 0.0898. The van der Waals surface area contributed by atoms with Crippen molar-refractivity contribution < 1.29 is 24.1 Å². The molecule has 2 aromatic rings. The van der Waals surface area contributed by atoms with Gasteiger partial charge in [0.1, 0.15) is 6.54 Å². The van der Waals surface area contributed by atoms with Crippen molar-refractivity contribution in [2.24, 2.45) is 11.8 Å². The highest BCUT2D eigenvalue weighted by molar-refractivity contribution is 6.30. The number of hydrogen-bond acceptors (Lipinski definition) is 6. The summed E-state index contributed by atoms with van der Waals surface area (Å²) in [6.45, 7) is -0.573. The quantitative estimate of drug-likeness (QED) is 0.276. The normalized spacial score (nSPS) is 19.8. The molecular formula is C23H20ClN3O6. The van der Waals surface area contributed by atoms with E-state index in [0.717, 1.165) is 22.9 Å². The molecule has 2 aliphatic rings. The molecule has 0 radical (unpaired) electrons. The minimum atomic E-state index is -0.692. The summed E-state index contributed by atoms with van der Waals surface area (Å²) in [6, 6.07) is 10.8. The fraction of sp³-hybridized carbons (Fsp3) is 0.304. The van der Waals surface area contributed by atoms with Crippen LogP contribution in [-0.2, 0) is 9.59 Å². The van der Waals surface area contributed by atoms with Gasteiger partial charge in [-0.3, -0.25) is 29.3 Å². The summed E-state index contributed by atoms with van der Waals surface area (Å²) < 4.78 is 0. The fourth-order valence-electron chi connectivity index (χ4n) is 4.35. The number of benzene rings is 2. The number of Topliss-reactive ketones (excluding diaryl/α,β-unsaturated/α-hetero) is 1. The van der Waals surface area contributed by atoms with Gasteiger partial charge in [0.2, 0.25) is 0 Å². The summed E-state index contributed by atoms with van der Waals surface area (Å²) in [7, 11) is 0. The molecule has 170 valence electrons. The Morgan fingerprint density at radius 3 is 1.97 bits per heavy atom. The van der Waals surface area contributed by atoms with Crippen molar-refractivity contribution in [3.8, 4) is 0 Å². The first-order valence-corrected chi connectivity index (χ1v) is 10.9. The first-order chi connectivity index (χ1) is 15.8. The third-order valence-electron chi connectivity index (χ3n) is 6.08. The van der Waals surface area contributed by atoms with E-state index < -0.39 is 46.8 Å². The molecule has 1 saturated heterocycles. The summed E-state index contributed by atoms with van der Waals surface area (Å²) in [6.07, 6.45) is 2.76. The number of carbonyl (C=O) groups excluding carboxylic acids is 4. The summed E-state index contributed by atoms with van der Waals surface area (Å²) in [5.74, 6) is -3.22. The van der Waals surface area contributed by atoms with Crippen LogP contribution in [0.25, 0.3) is 0 Å². The standard InChI is InChI=1S/C23H20ClN3O6/c24-16-9-5-15(6-10-16)21(29)25(13-20(28)14-7-11-17(12-8-14)27(32)33)26-22(30)18-3-1-2-4-19(18)23(26)31/h5-12,18-19H,1-4,13H2. The highest BCUT2D eigenvalue weighted by atomic mass is 35.5. The average Bonchev–Trinajstić information content (AvgIpc) is 3.07. The third kappa shape index (κ3) is 4.36. The number of hydrazine groups is 1. The van der Waals surface area contributed by atoms with E-state index in [-0.39, 0.29) is 16.8 Å². The number of fused-ring (bicyclic) bond motifs is 1. The molecule has 2 atom stereocenters. The van der Waals surface area contributed by atoms with Crippen LogP contribution in [0.4, 0.5) is 5.69 Å². The van der Waals surface area contributed by atoms with E-state index in [4.69, 9.17) is 11.6 Å². The molecule has 3 amide bonds. The van der Waals surface area contributed by atoms with Gasteiger partial charge in [-0.1, -0.05) is 24.4 Å². The summed E-state index contributed by atoms with van der Waals surface area (Å²) in [4.78, 5) is 62.9. The number of hydrogen-bond donors (Lipinski definition) is 0. The van der Waals surface area contributed by atoms with Crippen LogP contribution < -0.4 is 0 Å². The highest BCUT2D eigenvalue weighted by Crippen LogP contribution is 2.39. The summed E-state index contributed by atoms with van der Waals surface area (Å²) in [5, 5.41) is 13.0. The van der Waals surface area contributed by atoms with Gasteiger partial charge in [-0.15, -0.1) is 0 Å². The van der Waals surface area contributed by atoms with Crippen molar-refractivity contribution in [1.29, 1.82) is 0 Å². The zero-order valence-electron chi connectivity index (χ0n) is 17.5. The number of non-ortho nitro benzene ring substituents is 1. The van der Waals surface area contributed by atoms with Crippen LogP contribution in [0.15, 0.2) is 48.5 Å². The zero-order valence-corrected chi connectivity index (χ0v) is 18.2. The molecule has 1 aliphatic carbocycles. The molecule has 33 heavy (non-hydrogen) atoms. The topological polar surface area (TPSA) is 118 Å². The van der Waals surface area contributed by atoms with E-state index in [0.29, 0.717) is 17.9 Å². The lowest BCUT2D eigenvalue weighted by molar-refractivity contribution is -0.384. The Morgan fingerprint density at radius 2 is 1.45 bits per heavy atom. The van der Waals surface area contributed by atoms with Crippen molar-refractivity contribution in [1.82, 2.24) is 10.0 Å². The van der Waals surface area contributed by atoms with Gasteiger partial charge >= 0.3 is 0 Å². The Hall–Kier alpha value is -3.59. The number of amides is 3. The first kappa shape index (κ1) is 22.6. The Morgan fingerprint density at radius 1 is 0.939 bits per heavy atom. The molecule has 0 bridgehead atoms. The Balaban J connectivity index is 1.66. The maximum atomic E-state index is 13.3. The van der Waals surface area contributed by atoms with Gasteiger partial charge in [-0.05, 0) is 49.2 Å². The SMILES string of the molecule is O=C(CN(C(=O)c1ccc(Cl)cc1)N1C(=O)C2CCCCC2C1=O)c1ccc([N+](=O)[O-])cc1. The van der Waals surface area contributed by atoms with Crippen LogP contribution in [0, 0.1) is 22.0 Å². The van der Waals surface area contributed by atoms with E-state index in [1.807, 2.05) is 0 Å². The molecule has 0 spiro atoms. The average molecular weight is 470 g/mol. The molecule has 1 heterocycles. The van der Waals surface area contributed by atoms with Crippen LogP contribution >= 0.6 is 11.6 Å². The van der Waals surface area contributed by atoms with Crippen LogP contribution in [0.2, 0.25) is 5.02 Å². The third-order valence-corrected chi connectivity index (χ3v) is 6.33. The molecule has 2 fully saturated rings. The van der Waals surface area contributed by atoms with E-state index in [2.05, 4.69) is 0 Å². The van der Waals surface area contributed by atoms with Crippen LogP contribution in [0.1, 0.15) is 46.4 Å². The lowest BCUT2D eigenvalue weighted by Gasteiger charge is -2.30. The minimum Gasteiger partial charge on any atom is -0.292 e. The molecule has 0 N–H and O–H groups in total. The molecule has 1 aliphatic heterocycles. The van der Waals surface area contributed by atoms with Crippen molar-refractivity contribution in [2.75, 3.05) is 6.54 Å². The van der Waals surface area contributed by atoms with Gasteiger partial charge in [0.05, 0.1) is 16.8 Å². The largest absolute Gasteiger partial charge is 0.292 e. The van der Waals surface area contributed by atoms with Gasteiger partial charge in [0, 0.05) is 28.3 Å². The number of ketones is 1. The number of nitro benzene ring substituents is 1. The van der Waals surface area contributed by atoms with E-state index >= 15 is 0 Å². The second-order valence-corrected chi connectivity index (χ2v) is 8.52. The summed E-state index contributed by atoms with van der Waals surface area (Å²) >= 11 is 5.91. The number of nitrogens with zero attached hydrogens (tertiary/aromatic N) is 3. The van der Waals surface area contributed by atoms with Gasteiger partial charge < -0.3 is 0 Å². The predicted octanol–water partition coefficient (Wildman–Crippen LogP) is 3.66. The number of nitro groups is 1. The minimum absolute atomic E-state index is 0.117. The lowest BCUT2D eigenvalue weighted by atomic mass is 9.81. The Labute approximate surface area is 194 Å². The molecular weight excluding hydrogens is 450 g/mol. The van der Waals surface area contributed by atoms with Gasteiger partial charge in [-0.25, -0.2) is 5.01 Å². The van der Waals surface area contributed by atoms with Crippen LogP contribution in [0.5, 0.6) is 0 Å². The van der Waals surface area contributed by atoms with Crippen LogP contribution in [0.3, 0.4) is 0 Å². The molecule has 10 heteroatoms. The zero-order chi connectivity index (χ0) is 23.7. The lowest BCUT2D eigenvalue weighted by Crippen LogP contribution is -2.52.